The number of amides is 1. The van der Waals surface area contributed by atoms with Gasteiger partial charge in [0.1, 0.15) is 30.2 Å². The standard InChI is InChI=1S/C14H14F3N3O2/c1-8(21)14(22)19-12-7-20(13(5-15)18-12)6-9-2-10(16)4-11(17)3-9/h2-4,7-8,21H,5-6H2,1H3,(H,19,22). The zero-order valence-corrected chi connectivity index (χ0v) is 11.7. The van der Waals surface area contributed by atoms with Crippen LogP contribution >= 0.6 is 0 Å². The second-order valence-corrected chi connectivity index (χ2v) is 4.75. The highest BCUT2D eigenvalue weighted by Crippen LogP contribution is 2.15. The minimum Gasteiger partial charge on any atom is -0.384 e. The number of carbonyl (C=O) groups excluding carboxylic acids is 1. The van der Waals surface area contributed by atoms with E-state index in [0.29, 0.717) is 0 Å². The highest BCUT2D eigenvalue weighted by atomic mass is 19.1. The Labute approximate surface area is 124 Å². The molecule has 2 rings (SSSR count). The first-order chi connectivity index (χ1) is 10.4. The highest BCUT2D eigenvalue weighted by Gasteiger charge is 2.14. The van der Waals surface area contributed by atoms with Gasteiger partial charge in [-0.15, -0.1) is 0 Å². The molecule has 0 aliphatic heterocycles. The van der Waals surface area contributed by atoms with E-state index in [9.17, 15) is 18.0 Å². The minimum absolute atomic E-state index is 0.00845. The summed E-state index contributed by atoms with van der Waals surface area (Å²) in [6.07, 6.45) is 0.0918. The number of aliphatic hydroxyl groups is 1. The third-order valence-corrected chi connectivity index (χ3v) is 2.88. The molecule has 0 saturated heterocycles. The van der Waals surface area contributed by atoms with Crippen LogP contribution in [0.2, 0.25) is 0 Å². The molecule has 1 atom stereocenters. The number of nitrogens with zero attached hydrogens (tertiary/aromatic N) is 2. The first kappa shape index (κ1) is 16.0. The van der Waals surface area contributed by atoms with E-state index >= 15 is 0 Å². The van der Waals surface area contributed by atoms with Crippen LogP contribution in [0.3, 0.4) is 0 Å². The van der Waals surface area contributed by atoms with Gasteiger partial charge >= 0.3 is 0 Å². The van der Waals surface area contributed by atoms with Crippen LogP contribution in [0.1, 0.15) is 18.3 Å². The zero-order valence-electron chi connectivity index (χ0n) is 11.7. The van der Waals surface area contributed by atoms with Crippen molar-refractivity contribution in [3.63, 3.8) is 0 Å². The number of imidazole rings is 1. The molecule has 1 heterocycles. The first-order valence-electron chi connectivity index (χ1n) is 6.45. The summed E-state index contributed by atoms with van der Waals surface area (Å²) in [7, 11) is 0. The van der Waals surface area contributed by atoms with Crippen LogP contribution in [0.25, 0.3) is 0 Å². The van der Waals surface area contributed by atoms with Crippen molar-refractivity contribution >= 4 is 11.7 Å². The molecule has 1 unspecified atom stereocenters. The maximum Gasteiger partial charge on any atom is 0.254 e. The molecular formula is C14H14F3N3O2. The molecule has 1 amide bonds. The third kappa shape index (κ3) is 3.85. The Hall–Kier alpha value is -2.35. The number of aliphatic hydroxyl groups excluding tert-OH is 1. The minimum atomic E-state index is -1.24. The Balaban J connectivity index is 2.23. The van der Waals surface area contributed by atoms with E-state index in [2.05, 4.69) is 10.3 Å². The summed E-state index contributed by atoms with van der Waals surface area (Å²) in [6.45, 7) is 0.353. The normalized spacial score (nSPS) is 12.2. The Morgan fingerprint density at radius 3 is 2.55 bits per heavy atom. The van der Waals surface area contributed by atoms with E-state index in [0.717, 1.165) is 18.2 Å². The van der Waals surface area contributed by atoms with Gasteiger partial charge in [0.15, 0.2) is 5.82 Å². The van der Waals surface area contributed by atoms with Crippen LogP contribution < -0.4 is 5.32 Å². The predicted octanol–water partition coefficient (Wildman–Crippen LogP) is 2.00. The SMILES string of the molecule is CC(O)C(=O)Nc1cn(Cc2cc(F)cc(F)c2)c(CF)n1. The number of aromatic nitrogens is 2. The van der Waals surface area contributed by atoms with Crippen molar-refractivity contribution in [3.05, 3.63) is 47.4 Å². The van der Waals surface area contributed by atoms with Gasteiger partial charge in [-0.3, -0.25) is 4.79 Å². The number of halogens is 3. The third-order valence-electron chi connectivity index (χ3n) is 2.88. The molecule has 8 heteroatoms. The first-order valence-corrected chi connectivity index (χ1v) is 6.45. The van der Waals surface area contributed by atoms with Crippen LogP contribution in [0.4, 0.5) is 19.0 Å². The van der Waals surface area contributed by atoms with Crippen molar-refractivity contribution in [2.24, 2.45) is 0 Å². The largest absolute Gasteiger partial charge is 0.384 e. The van der Waals surface area contributed by atoms with E-state index in [1.165, 1.54) is 17.7 Å². The second-order valence-electron chi connectivity index (χ2n) is 4.75. The number of benzene rings is 1. The summed E-state index contributed by atoms with van der Waals surface area (Å²) in [5.41, 5.74) is 0.290. The number of nitrogens with one attached hydrogen (secondary N) is 1. The lowest BCUT2D eigenvalue weighted by Gasteiger charge is -2.06. The average molecular weight is 313 g/mol. The van der Waals surface area contributed by atoms with E-state index in [-0.39, 0.29) is 23.8 Å². The fraction of sp³-hybridized carbons (Fsp3) is 0.286. The van der Waals surface area contributed by atoms with Crippen molar-refractivity contribution in [1.82, 2.24) is 9.55 Å². The van der Waals surface area contributed by atoms with Gasteiger partial charge in [-0.25, -0.2) is 18.2 Å². The monoisotopic (exact) mass is 313 g/mol. The number of alkyl halides is 1. The van der Waals surface area contributed by atoms with E-state index < -0.39 is 30.3 Å². The summed E-state index contributed by atoms with van der Waals surface area (Å²) in [4.78, 5) is 15.2. The summed E-state index contributed by atoms with van der Waals surface area (Å²) in [5, 5.41) is 11.4. The molecule has 1 aromatic heterocycles. The molecule has 2 N–H and O–H groups in total. The number of anilines is 1. The average Bonchev–Trinajstić information content (AvgIpc) is 2.79. The van der Waals surface area contributed by atoms with Crippen LogP contribution in [-0.2, 0) is 18.0 Å². The topological polar surface area (TPSA) is 67.2 Å². The predicted molar refractivity (Wildman–Crippen MR) is 72.8 cm³/mol. The van der Waals surface area contributed by atoms with Crippen molar-refractivity contribution < 1.29 is 23.1 Å². The number of hydrogen-bond acceptors (Lipinski definition) is 3. The van der Waals surface area contributed by atoms with Gasteiger partial charge in [-0.05, 0) is 24.6 Å². The van der Waals surface area contributed by atoms with Gasteiger partial charge in [0.05, 0.1) is 0 Å². The molecule has 0 bridgehead atoms. The van der Waals surface area contributed by atoms with E-state index in [4.69, 9.17) is 5.11 Å². The molecule has 0 spiro atoms. The van der Waals surface area contributed by atoms with Crippen molar-refractivity contribution in [2.45, 2.75) is 26.2 Å². The van der Waals surface area contributed by atoms with Gasteiger partial charge in [0.2, 0.25) is 0 Å². The van der Waals surface area contributed by atoms with Gasteiger partial charge in [-0.1, -0.05) is 0 Å². The molecule has 0 fully saturated rings. The highest BCUT2D eigenvalue weighted by molar-refractivity contribution is 5.92. The summed E-state index contributed by atoms with van der Waals surface area (Å²) in [5.74, 6) is -2.12. The van der Waals surface area contributed by atoms with Crippen molar-refractivity contribution in [3.8, 4) is 0 Å². The van der Waals surface area contributed by atoms with Crippen LogP contribution in [0.5, 0.6) is 0 Å². The summed E-state index contributed by atoms with van der Waals surface area (Å²) >= 11 is 0. The number of hydrogen-bond donors (Lipinski definition) is 2. The molecule has 2 aromatic rings. The quantitative estimate of drug-likeness (QED) is 0.887. The fourth-order valence-electron chi connectivity index (χ4n) is 1.89. The summed E-state index contributed by atoms with van der Waals surface area (Å²) < 4.78 is 40.6. The number of carbonyl (C=O) groups is 1. The second kappa shape index (κ2) is 6.61. The van der Waals surface area contributed by atoms with Crippen molar-refractivity contribution in [2.75, 3.05) is 5.32 Å². The molecule has 0 aliphatic carbocycles. The van der Waals surface area contributed by atoms with Gasteiger partial charge in [0.25, 0.3) is 5.91 Å². The lowest BCUT2D eigenvalue weighted by molar-refractivity contribution is -0.123. The molecule has 0 aliphatic rings. The fourth-order valence-corrected chi connectivity index (χ4v) is 1.89. The molecular weight excluding hydrogens is 299 g/mol. The smallest absolute Gasteiger partial charge is 0.254 e. The van der Waals surface area contributed by atoms with E-state index in [1.807, 2.05) is 0 Å². The van der Waals surface area contributed by atoms with Crippen LogP contribution in [-0.4, -0.2) is 26.7 Å². The van der Waals surface area contributed by atoms with Crippen LogP contribution in [0.15, 0.2) is 24.4 Å². The molecule has 1 aromatic carbocycles. The Morgan fingerprint density at radius 1 is 1.36 bits per heavy atom. The maximum atomic E-state index is 13.2. The summed E-state index contributed by atoms with van der Waals surface area (Å²) in [6, 6.07) is 2.99. The Morgan fingerprint density at radius 2 is 2.00 bits per heavy atom. The molecule has 0 radical (unpaired) electrons. The van der Waals surface area contributed by atoms with Gasteiger partial charge in [0, 0.05) is 18.8 Å². The zero-order chi connectivity index (χ0) is 16.3. The van der Waals surface area contributed by atoms with Crippen LogP contribution in [0, 0.1) is 11.6 Å². The Bertz CT molecular complexity index is 666. The molecule has 118 valence electrons. The molecule has 5 nitrogen and oxygen atoms in total. The lowest BCUT2D eigenvalue weighted by atomic mass is 10.2. The van der Waals surface area contributed by atoms with E-state index in [1.54, 1.807) is 0 Å². The Kier molecular flexibility index (Phi) is 4.81. The molecule has 22 heavy (non-hydrogen) atoms. The van der Waals surface area contributed by atoms with Crippen molar-refractivity contribution in [1.29, 1.82) is 0 Å². The maximum absolute atomic E-state index is 13.2. The number of rotatable bonds is 5. The molecule has 0 saturated carbocycles. The lowest BCUT2D eigenvalue weighted by Crippen LogP contribution is -2.24. The van der Waals surface area contributed by atoms with Gasteiger partial charge in [-0.2, -0.15) is 0 Å². The van der Waals surface area contributed by atoms with Gasteiger partial charge < -0.3 is 15.0 Å².